The largest absolute Gasteiger partial charge is 0.454 e. The third-order valence-corrected chi connectivity index (χ3v) is 6.82. The molecule has 4 rings (SSSR count). The number of hydrogen-bond acceptors (Lipinski definition) is 16. The van der Waals surface area contributed by atoms with Crippen molar-refractivity contribution in [1.82, 2.24) is 0 Å². The Kier molecular flexibility index (Phi) is 11.5. The molecule has 3 saturated heterocycles. The van der Waals surface area contributed by atoms with Gasteiger partial charge in [0, 0.05) is 47.3 Å². The highest BCUT2D eigenvalue weighted by Crippen LogP contribution is 2.39. The number of carbonyl (C=O) groups excluding carboxylic acids is 5. The SMILES string of the molecule is CO[C@H]1OC2COC(c3ccccc3)O[C@H]2[C@H](O[C@H]2OC(OC(C)=O)[C@@H](OC(C)=O)[C@H](OC(C)=O)C2OC(C)=O)C1OC(C)=O. The van der Waals surface area contributed by atoms with Crippen LogP contribution in [0.15, 0.2) is 30.3 Å². The zero-order chi connectivity index (χ0) is 32.8. The van der Waals surface area contributed by atoms with E-state index < -0.39 is 97.7 Å². The standard InChI is InChI=1S/C29H36O16/c1-13(30)37-22-24(39-15(3)32)28(41-17(5)34)45-29(25(22)40-16(4)33)44-21-20-19(42-27(35-6)23(21)38-14(2)31)12-36-26(43-20)18-10-8-7-9-11-18/h7-11,19-29H,12H2,1-6H3/t19?,20-,21+,22+,23?,24+,25?,26?,27+,28?,29+/m1/s1. The minimum atomic E-state index is -1.69. The van der Waals surface area contributed by atoms with Crippen molar-refractivity contribution in [2.24, 2.45) is 0 Å². The summed E-state index contributed by atoms with van der Waals surface area (Å²) in [5, 5.41) is 0. The molecule has 5 unspecified atom stereocenters. The Hall–Kier alpha value is -3.67. The van der Waals surface area contributed by atoms with Crippen LogP contribution in [0, 0.1) is 0 Å². The number of methoxy groups -OCH3 is 1. The van der Waals surface area contributed by atoms with Crippen molar-refractivity contribution in [1.29, 1.82) is 0 Å². The molecule has 16 heteroatoms. The Bertz CT molecular complexity index is 1220. The Balaban J connectivity index is 1.76. The molecule has 3 heterocycles. The molecule has 0 saturated carbocycles. The van der Waals surface area contributed by atoms with Gasteiger partial charge in [0.1, 0.15) is 18.3 Å². The second-order valence-electron chi connectivity index (χ2n) is 10.3. The van der Waals surface area contributed by atoms with Gasteiger partial charge < -0.3 is 52.1 Å². The fourth-order valence-corrected chi connectivity index (χ4v) is 5.25. The van der Waals surface area contributed by atoms with Crippen molar-refractivity contribution in [3.8, 4) is 0 Å². The third-order valence-electron chi connectivity index (χ3n) is 6.82. The first-order chi connectivity index (χ1) is 21.4. The van der Waals surface area contributed by atoms with Crippen molar-refractivity contribution in [2.45, 2.75) is 103 Å². The summed E-state index contributed by atoms with van der Waals surface area (Å²) in [7, 11) is 1.33. The summed E-state index contributed by atoms with van der Waals surface area (Å²) in [6, 6.07) is 8.99. The highest BCUT2D eigenvalue weighted by atomic mass is 16.8. The van der Waals surface area contributed by atoms with Crippen molar-refractivity contribution >= 4 is 29.8 Å². The van der Waals surface area contributed by atoms with Crippen LogP contribution in [0.2, 0.25) is 0 Å². The lowest BCUT2D eigenvalue weighted by molar-refractivity contribution is -0.400. The van der Waals surface area contributed by atoms with Gasteiger partial charge >= 0.3 is 29.8 Å². The van der Waals surface area contributed by atoms with Gasteiger partial charge in [0.2, 0.25) is 18.7 Å². The maximum Gasteiger partial charge on any atom is 0.305 e. The van der Waals surface area contributed by atoms with E-state index >= 15 is 0 Å². The molecule has 0 aliphatic carbocycles. The molecule has 16 nitrogen and oxygen atoms in total. The molecule has 45 heavy (non-hydrogen) atoms. The predicted molar refractivity (Wildman–Crippen MR) is 143 cm³/mol. The van der Waals surface area contributed by atoms with E-state index in [1.54, 1.807) is 24.3 Å². The molecule has 3 aliphatic heterocycles. The second-order valence-corrected chi connectivity index (χ2v) is 10.3. The first-order valence-electron chi connectivity index (χ1n) is 14.0. The molecular formula is C29H36O16. The lowest BCUT2D eigenvalue weighted by Gasteiger charge is -2.50. The van der Waals surface area contributed by atoms with Gasteiger partial charge in [-0.05, 0) is 0 Å². The van der Waals surface area contributed by atoms with Gasteiger partial charge in [-0.15, -0.1) is 0 Å². The Morgan fingerprint density at radius 2 is 1.11 bits per heavy atom. The van der Waals surface area contributed by atoms with Crippen LogP contribution in [0.3, 0.4) is 0 Å². The van der Waals surface area contributed by atoms with E-state index in [1.165, 1.54) is 14.0 Å². The number of rotatable bonds is 9. The van der Waals surface area contributed by atoms with E-state index in [9.17, 15) is 24.0 Å². The topological polar surface area (TPSA) is 187 Å². The smallest absolute Gasteiger partial charge is 0.305 e. The van der Waals surface area contributed by atoms with Crippen molar-refractivity contribution in [3.05, 3.63) is 35.9 Å². The van der Waals surface area contributed by atoms with E-state index in [0.29, 0.717) is 5.56 Å². The number of ether oxygens (including phenoxy) is 11. The summed E-state index contributed by atoms with van der Waals surface area (Å²) in [6.07, 6.45) is -14.6. The molecule has 0 aromatic heterocycles. The average Bonchev–Trinajstić information content (AvgIpc) is 2.96. The molecule has 0 bridgehead atoms. The van der Waals surface area contributed by atoms with Crippen LogP contribution in [0.5, 0.6) is 0 Å². The van der Waals surface area contributed by atoms with Gasteiger partial charge in [-0.1, -0.05) is 30.3 Å². The Labute approximate surface area is 258 Å². The number of carbonyl (C=O) groups is 5. The number of esters is 5. The van der Waals surface area contributed by atoms with Crippen LogP contribution < -0.4 is 0 Å². The predicted octanol–water partition coefficient (Wildman–Crippen LogP) is 0.829. The van der Waals surface area contributed by atoms with Gasteiger partial charge in [0.15, 0.2) is 30.9 Å². The molecule has 0 radical (unpaired) electrons. The monoisotopic (exact) mass is 640 g/mol. The zero-order valence-corrected chi connectivity index (χ0v) is 25.5. The first kappa shape index (κ1) is 34.2. The molecule has 1 aromatic carbocycles. The molecular weight excluding hydrogens is 604 g/mol. The summed E-state index contributed by atoms with van der Waals surface area (Å²) >= 11 is 0. The van der Waals surface area contributed by atoms with Crippen molar-refractivity contribution in [2.75, 3.05) is 13.7 Å². The van der Waals surface area contributed by atoms with Gasteiger partial charge in [0.05, 0.1) is 6.61 Å². The lowest BCUT2D eigenvalue weighted by atomic mass is 9.96. The lowest BCUT2D eigenvalue weighted by Crippen LogP contribution is -2.67. The van der Waals surface area contributed by atoms with Crippen molar-refractivity contribution < 1.29 is 76.1 Å². The Morgan fingerprint density at radius 1 is 0.600 bits per heavy atom. The number of fused-ring (bicyclic) bond motifs is 1. The van der Waals surface area contributed by atoms with Gasteiger partial charge in [-0.2, -0.15) is 0 Å². The highest BCUT2D eigenvalue weighted by Gasteiger charge is 2.58. The number of hydrogen-bond donors (Lipinski definition) is 0. The van der Waals surface area contributed by atoms with Crippen LogP contribution >= 0.6 is 0 Å². The van der Waals surface area contributed by atoms with Crippen LogP contribution in [0.4, 0.5) is 0 Å². The van der Waals surface area contributed by atoms with Crippen LogP contribution in [-0.4, -0.2) is 105 Å². The summed E-state index contributed by atoms with van der Waals surface area (Å²) in [5.41, 5.74) is 0.674. The maximum absolute atomic E-state index is 12.3. The fraction of sp³-hybridized carbons (Fsp3) is 0.621. The second kappa shape index (κ2) is 15.1. The van der Waals surface area contributed by atoms with E-state index in [2.05, 4.69) is 0 Å². The zero-order valence-electron chi connectivity index (χ0n) is 25.5. The summed E-state index contributed by atoms with van der Waals surface area (Å²) in [5.74, 6) is -4.09. The maximum atomic E-state index is 12.3. The molecule has 11 atom stereocenters. The molecule has 0 N–H and O–H groups in total. The molecule has 0 spiro atoms. The quantitative estimate of drug-likeness (QED) is 0.272. The van der Waals surface area contributed by atoms with Crippen LogP contribution in [0.1, 0.15) is 46.5 Å². The van der Waals surface area contributed by atoms with Gasteiger partial charge in [-0.3, -0.25) is 24.0 Å². The summed E-state index contributed by atoms with van der Waals surface area (Å²) in [4.78, 5) is 60.8. The summed E-state index contributed by atoms with van der Waals surface area (Å²) < 4.78 is 63.0. The summed E-state index contributed by atoms with van der Waals surface area (Å²) in [6.45, 7) is 5.48. The highest BCUT2D eigenvalue weighted by molar-refractivity contribution is 5.69. The fourth-order valence-electron chi connectivity index (χ4n) is 5.25. The molecule has 3 aliphatic rings. The van der Waals surface area contributed by atoms with Crippen molar-refractivity contribution in [3.63, 3.8) is 0 Å². The molecule has 3 fully saturated rings. The molecule has 248 valence electrons. The number of benzene rings is 1. The minimum Gasteiger partial charge on any atom is -0.454 e. The van der Waals surface area contributed by atoms with Crippen LogP contribution in [-0.2, 0) is 76.1 Å². The van der Waals surface area contributed by atoms with E-state index in [-0.39, 0.29) is 6.61 Å². The first-order valence-corrected chi connectivity index (χ1v) is 14.0. The van der Waals surface area contributed by atoms with E-state index in [1.807, 2.05) is 6.07 Å². The normalized spacial score (nSPS) is 34.4. The Morgan fingerprint density at radius 3 is 1.64 bits per heavy atom. The van der Waals surface area contributed by atoms with Crippen LogP contribution in [0.25, 0.3) is 0 Å². The third kappa shape index (κ3) is 8.53. The minimum absolute atomic E-state index is 0.0102. The van der Waals surface area contributed by atoms with Gasteiger partial charge in [0.25, 0.3) is 0 Å². The molecule has 1 aromatic rings. The van der Waals surface area contributed by atoms with E-state index in [4.69, 9.17) is 52.1 Å². The van der Waals surface area contributed by atoms with E-state index in [0.717, 1.165) is 27.7 Å². The molecule has 0 amide bonds. The average molecular weight is 641 g/mol. The van der Waals surface area contributed by atoms with Gasteiger partial charge in [-0.25, -0.2) is 0 Å².